The van der Waals surface area contributed by atoms with Crippen molar-refractivity contribution in [1.82, 2.24) is 19.4 Å². The van der Waals surface area contributed by atoms with Gasteiger partial charge in [-0.05, 0) is 36.2 Å². The minimum absolute atomic E-state index is 0.0486. The van der Waals surface area contributed by atoms with Crippen LogP contribution in [0.3, 0.4) is 0 Å². The summed E-state index contributed by atoms with van der Waals surface area (Å²) in [6, 6.07) is 7.71. The fourth-order valence-electron chi connectivity index (χ4n) is 5.27. The summed E-state index contributed by atoms with van der Waals surface area (Å²) in [6.45, 7) is 18.4. The number of hydrogen-bond acceptors (Lipinski definition) is 4. The number of piperazine rings is 1. The highest BCUT2D eigenvalue weighted by Gasteiger charge is 2.35. The number of nitrogens with zero attached hydrogens (tertiary/aromatic N) is 5. The van der Waals surface area contributed by atoms with Gasteiger partial charge in [0.2, 0.25) is 0 Å². The van der Waals surface area contributed by atoms with E-state index in [4.69, 9.17) is 11.3 Å². The van der Waals surface area contributed by atoms with Crippen molar-refractivity contribution in [1.29, 1.82) is 0 Å². The monoisotopic (exact) mass is 463 g/mol. The van der Waals surface area contributed by atoms with E-state index in [0.29, 0.717) is 36.5 Å². The highest BCUT2D eigenvalue weighted by molar-refractivity contribution is 5.68. The van der Waals surface area contributed by atoms with Gasteiger partial charge in [0, 0.05) is 45.5 Å². The van der Waals surface area contributed by atoms with Crippen molar-refractivity contribution < 1.29 is 9.53 Å². The topological polar surface area (TPSA) is 55.0 Å². The lowest BCUT2D eigenvalue weighted by molar-refractivity contribution is -0.0161. The molecule has 2 heterocycles. The van der Waals surface area contributed by atoms with Crippen LogP contribution in [-0.4, -0.2) is 57.7 Å². The van der Waals surface area contributed by atoms with Gasteiger partial charge in [0.05, 0.1) is 18.6 Å². The van der Waals surface area contributed by atoms with Gasteiger partial charge in [-0.3, -0.25) is 4.90 Å². The fourth-order valence-corrected chi connectivity index (χ4v) is 5.27. The molecule has 0 spiro atoms. The van der Waals surface area contributed by atoms with Gasteiger partial charge in [0.15, 0.2) is 5.69 Å². The standard InChI is InChI=1S/C27H37N5O2/c1-20(2)25-10-5-21(3)15-26(25)34-27(33)31-13-11-30(12-14-31)18-24-16-29-19-32(24)17-22-6-8-23(28-4)9-7-22/h6-9,16,19-21,25-26H,5,10-15,17-18H2,1-3H3. The molecule has 7 nitrogen and oxygen atoms in total. The molecule has 1 saturated heterocycles. The molecule has 1 aromatic heterocycles. The van der Waals surface area contributed by atoms with E-state index >= 15 is 0 Å². The molecule has 1 amide bonds. The van der Waals surface area contributed by atoms with Gasteiger partial charge in [-0.1, -0.05) is 51.5 Å². The number of rotatable bonds is 6. The Morgan fingerprint density at radius 2 is 1.88 bits per heavy atom. The molecule has 0 radical (unpaired) electrons. The second-order valence-electron chi connectivity index (χ2n) is 10.3. The van der Waals surface area contributed by atoms with Crippen LogP contribution in [-0.2, 0) is 17.8 Å². The predicted octanol–water partition coefficient (Wildman–Crippen LogP) is 5.20. The molecule has 3 unspecified atom stereocenters. The average Bonchev–Trinajstić information content (AvgIpc) is 3.26. The third-order valence-electron chi connectivity index (χ3n) is 7.45. The van der Waals surface area contributed by atoms with Crippen LogP contribution in [0.1, 0.15) is 51.3 Å². The lowest BCUT2D eigenvalue weighted by Gasteiger charge is -2.39. The summed E-state index contributed by atoms with van der Waals surface area (Å²) < 4.78 is 8.21. The summed E-state index contributed by atoms with van der Waals surface area (Å²) in [5.41, 5.74) is 2.96. The number of ether oxygens (including phenoxy) is 1. The Bertz CT molecular complexity index is 985. The SMILES string of the molecule is [C-]#[N+]c1ccc(Cn2cncc2CN2CCN(C(=O)OC3CC(C)CCC3C(C)C)CC2)cc1. The van der Waals surface area contributed by atoms with E-state index in [1.54, 1.807) is 0 Å². The molecule has 1 saturated carbocycles. The van der Waals surface area contributed by atoms with Gasteiger partial charge in [-0.2, -0.15) is 0 Å². The highest BCUT2D eigenvalue weighted by atomic mass is 16.6. The van der Waals surface area contributed by atoms with Crippen LogP contribution in [0, 0.1) is 24.3 Å². The van der Waals surface area contributed by atoms with Gasteiger partial charge < -0.3 is 14.2 Å². The van der Waals surface area contributed by atoms with Crippen LogP contribution in [0.4, 0.5) is 10.5 Å². The van der Waals surface area contributed by atoms with Crippen LogP contribution in [0.15, 0.2) is 36.8 Å². The third kappa shape index (κ3) is 5.98. The van der Waals surface area contributed by atoms with Crippen molar-refractivity contribution in [2.24, 2.45) is 17.8 Å². The molecule has 0 bridgehead atoms. The molecule has 2 aliphatic rings. The minimum atomic E-state index is -0.141. The number of amides is 1. The zero-order chi connectivity index (χ0) is 24.1. The summed E-state index contributed by atoms with van der Waals surface area (Å²) >= 11 is 0. The summed E-state index contributed by atoms with van der Waals surface area (Å²) in [4.78, 5) is 25.0. The first-order valence-corrected chi connectivity index (χ1v) is 12.6. The van der Waals surface area contributed by atoms with Crippen LogP contribution in [0.2, 0.25) is 0 Å². The van der Waals surface area contributed by atoms with Gasteiger partial charge in [-0.25, -0.2) is 14.6 Å². The van der Waals surface area contributed by atoms with E-state index in [-0.39, 0.29) is 12.2 Å². The minimum Gasteiger partial charge on any atom is -0.446 e. The van der Waals surface area contributed by atoms with E-state index in [1.165, 1.54) is 6.42 Å². The van der Waals surface area contributed by atoms with E-state index in [0.717, 1.165) is 50.3 Å². The lowest BCUT2D eigenvalue weighted by atomic mass is 9.75. The largest absolute Gasteiger partial charge is 0.446 e. The molecule has 2 fully saturated rings. The maximum atomic E-state index is 12.9. The maximum absolute atomic E-state index is 12.9. The molecule has 1 aliphatic heterocycles. The first-order valence-electron chi connectivity index (χ1n) is 12.6. The first kappa shape index (κ1) is 24.3. The van der Waals surface area contributed by atoms with Crippen LogP contribution >= 0.6 is 0 Å². The highest BCUT2D eigenvalue weighted by Crippen LogP contribution is 2.35. The van der Waals surface area contributed by atoms with Gasteiger partial charge in [0.25, 0.3) is 0 Å². The molecule has 4 rings (SSSR count). The van der Waals surface area contributed by atoms with Crippen LogP contribution < -0.4 is 0 Å². The molecule has 0 N–H and O–H groups in total. The first-order chi connectivity index (χ1) is 16.4. The molecule has 2 aromatic rings. The van der Waals surface area contributed by atoms with Crippen LogP contribution in [0.25, 0.3) is 4.85 Å². The summed E-state index contributed by atoms with van der Waals surface area (Å²) in [6.07, 6.45) is 7.07. The fraction of sp³-hybridized carbons (Fsp3) is 0.593. The lowest BCUT2D eigenvalue weighted by Crippen LogP contribution is -2.50. The molecule has 1 aromatic carbocycles. The molecular formula is C27H37N5O2. The Balaban J connectivity index is 1.28. The Kier molecular flexibility index (Phi) is 7.89. The maximum Gasteiger partial charge on any atom is 0.410 e. The Hall–Kier alpha value is -2.85. The Morgan fingerprint density at radius 1 is 1.15 bits per heavy atom. The van der Waals surface area contributed by atoms with Crippen molar-refractivity contribution >= 4 is 11.8 Å². The van der Waals surface area contributed by atoms with Crippen molar-refractivity contribution in [2.75, 3.05) is 26.2 Å². The summed E-state index contributed by atoms with van der Waals surface area (Å²) in [5.74, 6) is 1.64. The van der Waals surface area contributed by atoms with E-state index in [1.807, 2.05) is 41.7 Å². The number of hydrogen-bond donors (Lipinski definition) is 0. The normalized spacial score (nSPS) is 23.6. The predicted molar refractivity (Wildman–Crippen MR) is 132 cm³/mol. The van der Waals surface area contributed by atoms with Crippen molar-refractivity contribution in [3.8, 4) is 0 Å². The number of carbonyl (C=O) groups excluding carboxylic acids is 1. The van der Waals surface area contributed by atoms with E-state index < -0.39 is 0 Å². The number of aromatic nitrogens is 2. The summed E-state index contributed by atoms with van der Waals surface area (Å²) in [7, 11) is 0. The smallest absolute Gasteiger partial charge is 0.410 e. The zero-order valence-electron chi connectivity index (χ0n) is 20.7. The van der Waals surface area contributed by atoms with Crippen molar-refractivity contribution in [3.05, 3.63) is 59.5 Å². The van der Waals surface area contributed by atoms with Crippen molar-refractivity contribution in [3.63, 3.8) is 0 Å². The zero-order valence-corrected chi connectivity index (χ0v) is 20.7. The Labute approximate surface area is 203 Å². The average molecular weight is 464 g/mol. The van der Waals surface area contributed by atoms with Crippen molar-refractivity contribution in [2.45, 2.75) is 59.2 Å². The van der Waals surface area contributed by atoms with E-state index in [9.17, 15) is 4.79 Å². The third-order valence-corrected chi connectivity index (χ3v) is 7.45. The molecule has 3 atom stereocenters. The van der Waals surface area contributed by atoms with Gasteiger partial charge in [-0.15, -0.1) is 0 Å². The molecule has 1 aliphatic carbocycles. The quantitative estimate of drug-likeness (QED) is 0.553. The molecule has 182 valence electrons. The number of imidazole rings is 1. The summed E-state index contributed by atoms with van der Waals surface area (Å²) in [5, 5.41) is 0. The molecular weight excluding hydrogens is 426 g/mol. The van der Waals surface area contributed by atoms with Gasteiger partial charge >= 0.3 is 6.09 Å². The second kappa shape index (κ2) is 11.1. The second-order valence-corrected chi connectivity index (χ2v) is 10.3. The van der Waals surface area contributed by atoms with Crippen LogP contribution in [0.5, 0.6) is 0 Å². The van der Waals surface area contributed by atoms with Gasteiger partial charge in [0.1, 0.15) is 6.10 Å². The number of carbonyl (C=O) groups is 1. The van der Waals surface area contributed by atoms with E-state index in [2.05, 4.69) is 40.1 Å². The molecule has 7 heteroatoms. The number of benzene rings is 1. The molecule has 34 heavy (non-hydrogen) atoms. The Morgan fingerprint density at radius 3 is 2.56 bits per heavy atom.